The predicted octanol–water partition coefficient (Wildman–Crippen LogP) is -3.33. The molecule has 25 N–H and O–H groups in total. The van der Waals surface area contributed by atoms with Gasteiger partial charge in [0.15, 0.2) is 5.96 Å². The molecular weight excluding hydrogens is 1450 g/mol. The van der Waals surface area contributed by atoms with Crippen LogP contribution in [0.5, 0.6) is 5.75 Å². The van der Waals surface area contributed by atoms with Crippen LogP contribution in [0.25, 0.3) is 0 Å². The van der Waals surface area contributed by atoms with Crippen molar-refractivity contribution in [1.29, 1.82) is 0 Å². The monoisotopic (exact) mass is 1560 g/mol. The van der Waals surface area contributed by atoms with E-state index in [0.29, 0.717) is 12.2 Å². The number of phenolic OH excluding ortho intramolecular Hbond substituents is 1. The van der Waals surface area contributed by atoms with Crippen LogP contribution in [-0.4, -0.2) is 230 Å². The van der Waals surface area contributed by atoms with Gasteiger partial charge in [0.1, 0.15) is 78.3 Å². The number of amides is 13. The van der Waals surface area contributed by atoms with E-state index < -0.39 is 230 Å². The highest BCUT2D eigenvalue weighted by atomic mass is 32.2. The number of hydrogen-bond donors (Lipinski definition) is 21. The number of aliphatic carboxylic acids is 3. The molecule has 0 aliphatic carbocycles. The molecule has 1 aromatic rings. The molecule has 39 heteroatoms. The van der Waals surface area contributed by atoms with Gasteiger partial charge >= 0.3 is 17.9 Å². The van der Waals surface area contributed by atoms with E-state index >= 15 is 0 Å². The maximum Gasteiger partial charge on any atom is 0.326 e. The Morgan fingerprint density at radius 2 is 0.807 bits per heavy atom. The summed E-state index contributed by atoms with van der Waals surface area (Å²) in [5.74, 6) is -20.9. The number of aliphatic imine (C=N–C) groups is 1. The van der Waals surface area contributed by atoms with Crippen molar-refractivity contribution >= 4 is 112 Å². The zero-order valence-electron chi connectivity index (χ0n) is 64.3. The number of guanidine groups is 1. The number of benzene rings is 1. The number of hydrogen-bond acceptors (Lipinski definition) is 21. The second-order valence-corrected chi connectivity index (χ2v) is 29.7. The fraction of sp³-hybridized carbons (Fsp3) is 0.671. The number of aliphatic hydroxyl groups excluding tert-OH is 1. The van der Waals surface area contributed by atoms with Crippen LogP contribution in [0.15, 0.2) is 29.3 Å². The van der Waals surface area contributed by atoms with Gasteiger partial charge in [-0.25, -0.2) is 4.79 Å². The van der Waals surface area contributed by atoms with Crippen molar-refractivity contribution in [3.05, 3.63) is 29.8 Å². The topological polar surface area (TPSA) is 635 Å². The number of carbonyl (C=O) groups excluding carboxylic acids is 13. The summed E-state index contributed by atoms with van der Waals surface area (Å²) in [4.78, 5) is 222. The smallest absolute Gasteiger partial charge is 0.326 e. The summed E-state index contributed by atoms with van der Waals surface area (Å²) in [6, 6.07) is -15.3. The summed E-state index contributed by atoms with van der Waals surface area (Å²) < 4.78 is 0. The summed E-state index contributed by atoms with van der Waals surface area (Å²) in [7, 11) is 0. The first-order chi connectivity index (χ1) is 50.8. The van der Waals surface area contributed by atoms with Gasteiger partial charge in [-0.2, -0.15) is 11.8 Å². The lowest BCUT2D eigenvalue weighted by molar-refractivity contribution is -0.143. The number of nitrogens with one attached hydrogen (secondary N) is 12. The van der Waals surface area contributed by atoms with Crippen LogP contribution in [0.1, 0.15) is 159 Å². The van der Waals surface area contributed by atoms with Gasteiger partial charge in [0.25, 0.3) is 0 Å². The molecule has 0 saturated heterocycles. The van der Waals surface area contributed by atoms with E-state index in [4.69, 9.17) is 22.9 Å². The number of nitrogens with zero attached hydrogens (tertiary/aromatic N) is 1. The van der Waals surface area contributed by atoms with Crippen molar-refractivity contribution < 1.29 is 102 Å². The molecule has 0 aromatic heterocycles. The van der Waals surface area contributed by atoms with Gasteiger partial charge < -0.3 is 112 Å². The second-order valence-electron chi connectivity index (χ2n) is 28.7. The largest absolute Gasteiger partial charge is 0.508 e. The standard InChI is InChI=1S/C70H117N17O21S/c1-14-38(12)56(68(106)83-49(31-53(93)94)63(101)80-46(28-35(6)7)61(99)78-44(69(107)108)16-15-24-75-70(73)74)87-58(96)42(21-22-51(72)90)76-65(103)50(32-88)84-62(100)47(29-39-17-19-40(89)20-18-39)81-64(102)48(30-52(91)92)82-66(104)54(36(8)9)86-67(105)55(37(10)11)85-59(97)43(23-25-109-13)77-60(98)45(27-34(4)5)79-57(95)41(71)26-33(2)3/h17-20,33-38,41-50,54-56,88-89H,14-16,21-32,71H2,1-13H3,(H2,72,90)(H,76,103)(H,77,98)(H,78,99)(H,79,95)(H,80,101)(H,81,102)(H,82,104)(H,83,106)(H,84,100)(H,85,97)(H,86,105)(H,87,96)(H,91,92)(H,93,94)(H,107,108)(H4,73,74,75)/t38-,41-,42-,43-,44-,45-,46-,47-,48-,49-,50-,54-,55-,56-/m0/s1. The Bertz CT molecular complexity index is 3280. The van der Waals surface area contributed by atoms with E-state index in [-0.39, 0.29) is 80.1 Å². The second kappa shape index (κ2) is 49.2. The Labute approximate surface area is 638 Å². The number of carboxylic acid groups (broad SMARTS) is 3. The van der Waals surface area contributed by atoms with Crippen molar-refractivity contribution in [2.75, 3.05) is 25.2 Å². The van der Waals surface area contributed by atoms with Gasteiger partial charge in [0.05, 0.1) is 25.5 Å². The zero-order valence-corrected chi connectivity index (χ0v) is 65.1. The Kier molecular flexibility index (Phi) is 43.8. The summed E-state index contributed by atoms with van der Waals surface area (Å²) in [6.45, 7) is 18.8. The molecule has 614 valence electrons. The van der Waals surface area contributed by atoms with Crippen LogP contribution >= 0.6 is 11.8 Å². The number of aliphatic hydroxyl groups is 1. The van der Waals surface area contributed by atoms with Crippen molar-refractivity contribution in [2.45, 2.75) is 239 Å². The van der Waals surface area contributed by atoms with E-state index in [1.807, 2.05) is 27.7 Å². The number of carbonyl (C=O) groups is 16. The molecule has 0 fully saturated rings. The van der Waals surface area contributed by atoms with Crippen molar-refractivity contribution in [2.24, 2.45) is 63.4 Å². The highest BCUT2D eigenvalue weighted by Crippen LogP contribution is 2.17. The summed E-state index contributed by atoms with van der Waals surface area (Å²) in [5, 5.41) is 79.9. The minimum Gasteiger partial charge on any atom is -0.508 e. The van der Waals surface area contributed by atoms with E-state index in [1.54, 1.807) is 40.9 Å². The molecular formula is C70H117N17O21S. The Balaban J connectivity index is 3.67. The maximum atomic E-state index is 14.5. The molecule has 0 radical (unpaired) electrons. The molecule has 13 amide bonds. The lowest BCUT2D eigenvalue weighted by Gasteiger charge is -2.30. The number of thioether (sulfide) groups is 1. The summed E-state index contributed by atoms with van der Waals surface area (Å²) >= 11 is 1.37. The molecule has 14 atom stereocenters. The summed E-state index contributed by atoms with van der Waals surface area (Å²) in [6.07, 6.45) is -1.53. The van der Waals surface area contributed by atoms with Crippen LogP contribution in [0.4, 0.5) is 0 Å². The SMILES string of the molecule is CC[C@H](C)[C@H](NC(=O)[C@H](CCC(N)=O)NC(=O)[C@H](CO)NC(=O)[C@H](Cc1ccc(O)cc1)NC(=O)[C@H](CC(=O)O)NC(=O)[C@@H](NC(=O)[C@@H](NC(=O)[C@H](CCSC)NC(=O)[C@H](CC(C)C)NC(=O)[C@@H](N)CC(C)C)C(C)C)C(C)C)C(=O)N[C@@H](CC(=O)O)C(=O)N[C@@H](CC(C)C)C(=O)N[C@@H](CCCN=C(N)N)C(=O)O. The summed E-state index contributed by atoms with van der Waals surface area (Å²) in [5.41, 5.74) is 22.5. The lowest BCUT2D eigenvalue weighted by atomic mass is 9.96. The highest BCUT2D eigenvalue weighted by Gasteiger charge is 2.40. The van der Waals surface area contributed by atoms with Crippen molar-refractivity contribution in [1.82, 2.24) is 63.8 Å². The van der Waals surface area contributed by atoms with Gasteiger partial charge in [-0.05, 0) is 110 Å². The molecule has 1 rings (SSSR count). The third kappa shape index (κ3) is 37.2. The first kappa shape index (κ1) is 97.1. The van der Waals surface area contributed by atoms with Gasteiger partial charge in [0, 0.05) is 19.4 Å². The minimum atomic E-state index is -2.03. The molecule has 0 heterocycles. The first-order valence-electron chi connectivity index (χ1n) is 36.1. The molecule has 0 spiro atoms. The van der Waals surface area contributed by atoms with Gasteiger partial charge in [-0.15, -0.1) is 0 Å². The normalized spacial score (nSPS) is 15.2. The number of rotatable bonds is 52. The van der Waals surface area contributed by atoms with Crippen LogP contribution in [0.2, 0.25) is 0 Å². The average molecular weight is 1560 g/mol. The van der Waals surface area contributed by atoms with E-state index in [0.717, 1.165) is 0 Å². The van der Waals surface area contributed by atoms with Crippen molar-refractivity contribution in [3.8, 4) is 5.75 Å². The van der Waals surface area contributed by atoms with E-state index in [2.05, 4.69) is 68.8 Å². The first-order valence-corrected chi connectivity index (χ1v) is 37.5. The number of carboxylic acids is 3. The third-order valence-corrected chi connectivity index (χ3v) is 17.6. The lowest BCUT2D eigenvalue weighted by Crippen LogP contribution is -2.62. The zero-order chi connectivity index (χ0) is 83.3. The fourth-order valence-corrected chi connectivity index (χ4v) is 11.3. The molecule has 1 aromatic carbocycles. The van der Waals surface area contributed by atoms with E-state index in [1.165, 1.54) is 56.8 Å². The number of nitrogens with two attached hydrogens (primary N) is 4. The van der Waals surface area contributed by atoms with E-state index in [9.17, 15) is 102 Å². The third-order valence-electron chi connectivity index (χ3n) is 17.0. The molecule has 0 saturated carbocycles. The van der Waals surface area contributed by atoms with Crippen LogP contribution in [0, 0.1) is 35.5 Å². The fourth-order valence-electron chi connectivity index (χ4n) is 10.8. The molecule has 0 aliphatic heterocycles. The number of phenols is 1. The minimum absolute atomic E-state index is 0.0250. The van der Waals surface area contributed by atoms with Gasteiger partial charge in [-0.3, -0.25) is 76.9 Å². The quantitative estimate of drug-likeness (QED) is 0.0172. The van der Waals surface area contributed by atoms with Crippen molar-refractivity contribution in [3.63, 3.8) is 0 Å². The van der Waals surface area contributed by atoms with Crippen LogP contribution in [0.3, 0.4) is 0 Å². The molecule has 0 bridgehead atoms. The van der Waals surface area contributed by atoms with Crippen LogP contribution < -0.4 is 86.7 Å². The Hall–Kier alpha value is -9.92. The Morgan fingerprint density at radius 1 is 0.440 bits per heavy atom. The molecule has 109 heavy (non-hydrogen) atoms. The van der Waals surface area contributed by atoms with Crippen LogP contribution in [-0.2, 0) is 83.1 Å². The highest BCUT2D eigenvalue weighted by molar-refractivity contribution is 7.98. The number of aromatic hydroxyl groups is 1. The molecule has 0 unspecified atom stereocenters. The average Bonchev–Trinajstić information content (AvgIpc) is 0.843. The number of primary amides is 1. The predicted molar refractivity (Wildman–Crippen MR) is 401 cm³/mol. The van der Waals surface area contributed by atoms with Gasteiger partial charge in [-0.1, -0.05) is 102 Å². The molecule has 38 nitrogen and oxygen atoms in total. The van der Waals surface area contributed by atoms with Gasteiger partial charge in [0.2, 0.25) is 76.8 Å². The molecule has 0 aliphatic rings. The maximum absolute atomic E-state index is 14.5. The Morgan fingerprint density at radius 3 is 1.23 bits per heavy atom.